The number of rotatable bonds is 4. The minimum absolute atomic E-state index is 0.127. The van der Waals surface area contributed by atoms with Crippen LogP contribution in [0.1, 0.15) is 23.7 Å². The van der Waals surface area contributed by atoms with Crippen LogP contribution in [-0.2, 0) is 6.42 Å². The average molecular weight is 281 g/mol. The molecule has 0 saturated heterocycles. The van der Waals surface area contributed by atoms with Gasteiger partial charge in [-0.2, -0.15) is 0 Å². The third-order valence-corrected chi connectivity index (χ3v) is 3.37. The first-order valence-corrected chi connectivity index (χ1v) is 6.53. The quantitative estimate of drug-likeness (QED) is 0.919. The lowest BCUT2D eigenvalue weighted by molar-refractivity contribution is 0.644. The molecule has 0 spiro atoms. The zero-order valence-corrected chi connectivity index (χ0v) is 11.3. The molecule has 2 N–H and O–H groups in total. The third-order valence-electron chi connectivity index (χ3n) is 2.80. The molecule has 0 aliphatic rings. The van der Waals surface area contributed by atoms with Gasteiger partial charge < -0.3 is 5.73 Å². The molecule has 1 aromatic heterocycles. The van der Waals surface area contributed by atoms with Crippen LogP contribution in [0.5, 0.6) is 0 Å². The van der Waals surface area contributed by atoms with E-state index in [4.69, 9.17) is 28.9 Å². The van der Waals surface area contributed by atoms with Gasteiger partial charge in [0.25, 0.3) is 0 Å². The van der Waals surface area contributed by atoms with Crippen molar-refractivity contribution in [2.24, 2.45) is 5.73 Å². The van der Waals surface area contributed by atoms with E-state index in [9.17, 15) is 0 Å². The Morgan fingerprint density at radius 2 is 2.00 bits per heavy atom. The van der Waals surface area contributed by atoms with Gasteiger partial charge in [-0.25, -0.2) is 0 Å². The standard InChI is InChI=1S/C14H14Cl2N2/c15-10-4-6-13(16)12(9-10)14(17)7-5-11-3-1-2-8-18-11/h1-4,6,8-9,14H,5,7,17H2. The number of hydrogen-bond acceptors (Lipinski definition) is 2. The van der Waals surface area contributed by atoms with Crippen LogP contribution < -0.4 is 5.73 Å². The largest absolute Gasteiger partial charge is 0.324 e. The van der Waals surface area contributed by atoms with Crippen LogP contribution in [0.15, 0.2) is 42.6 Å². The summed E-state index contributed by atoms with van der Waals surface area (Å²) in [5.41, 5.74) is 8.06. The molecule has 0 aliphatic heterocycles. The molecule has 1 atom stereocenters. The summed E-state index contributed by atoms with van der Waals surface area (Å²) in [5.74, 6) is 0. The first-order chi connectivity index (χ1) is 8.66. The van der Waals surface area contributed by atoms with Crippen molar-refractivity contribution in [1.29, 1.82) is 0 Å². The molecule has 0 aliphatic carbocycles. The van der Waals surface area contributed by atoms with Crippen LogP contribution in [0.25, 0.3) is 0 Å². The zero-order valence-electron chi connectivity index (χ0n) is 9.81. The molecule has 2 aromatic rings. The number of aromatic nitrogens is 1. The summed E-state index contributed by atoms with van der Waals surface area (Å²) in [6, 6.07) is 11.1. The summed E-state index contributed by atoms with van der Waals surface area (Å²) in [7, 11) is 0. The lowest BCUT2D eigenvalue weighted by Crippen LogP contribution is -2.12. The van der Waals surface area contributed by atoms with E-state index in [1.54, 1.807) is 18.3 Å². The van der Waals surface area contributed by atoms with Crippen LogP contribution in [0.2, 0.25) is 10.0 Å². The Morgan fingerprint density at radius 3 is 2.72 bits per heavy atom. The first kappa shape index (κ1) is 13.3. The van der Waals surface area contributed by atoms with Crippen molar-refractivity contribution in [2.75, 3.05) is 0 Å². The molecule has 1 aromatic carbocycles. The molecule has 0 bridgehead atoms. The number of halogens is 2. The first-order valence-electron chi connectivity index (χ1n) is 5.77. The lowest BCUT2D eigenvalue weighted by Gasteiger charge is -2.13. The highest BCUT2D eigenvalue weighted by atomic mass is 35.5. The predicted octanol–water partition coefficient (Wildman–Crippen LogP) is 4.02. The van der Waals surface area contributed by atoms with E-state index in [1.807, 2.05) is 24.3 Å². The van der Waals surface area contributed by atoms with Gasteiger partial charge in [-0.1, -0.05) is 29.3 Å². The molecule has 1 unspecified atom stereocenters. The highest BCUT2D eigenvalue weighted by molar-refractivity contribution is 6.33. The van der Waals surface area contributed by atoms with Gasteiger partial charge in [-0.05, 0) is 48.7 Å². The maximum atomic E-state index is 6.14. The second-order valence-electron chi connectivity index (χ2n) is 4.13. The molecule has 0 radical (unpaired) electrons. The average Bonchev–Trinajstić information content (AvgIpc) is 2.40. The van der Waals surface area contributed by atoms with E-state index in [-0.39, 0.29) is 6.04 Å². The summed E-state index contributed by atoms with van der Waals surface area (Å²) in [6.07, 6.45) is 3.40. The van der Waals surface area contributed by atoms with E-state index >= 15 is 0 Å². The normalized spacial score (nSPS) is 12.4. The number of nitrogens with two attached hydrogens (primary N) is 1. The molecular weight excluding hydrogens is 267 g/mol. The fourth-order valence-electron chi connectivity index (χ4n) is 1.80. The van der Waals surface area contributed by atoms with E-state index in [0.717, 1.165) is 24.1 Å². The fraction of sp³-hybridized carbons (Fsp3) is 0.214. The van der Waals surface area contributed by atoms with Crippen LogP contribution in [0.3, 0.4) is 0 Å². The van der Waals surface area contributed by atoms with Gasteiger partial charge >= 0.3 is 0 Å². The van der Waals surface area contributed by atoms with Crippen molar-refractivity contribution in [3.05, 3.63) is 63.9 Å². The van der Waals surface area contributed by atoms with E-state index in [1.165, 1.54) is 0 Å². The zero-order chi connectivity index (χ0) is 13.0. The molecule has 2 nitrogen and oxygen atoms in total. The van der Waals surface area contributed by atoms with Crippen LogP contribution in [0.4, 0.5) is 0 Å². The van der Waals surface area contributed by atoms with Gasteiger partial charge in [0.15, 0.2) is 0 Å². The minimum atomic E-state index is -0.127. The fourth-order valence-corrected chi connectivity index (χ4v) is 2.24. The minimum Gasteiger partial charge on any atom is -0.324 e. The Morgan fingerprint density at radius 1 is 1.17 bits per heavy atom. The monoisotopic (exact) mass is 280 g/mol. The molecule has 2 rings (SSSR count). The van der Waals surface area contributed by atoms with E-state index in [2.05, 4.69) is 4.98 Å². The maximum absolute atomic E-state index is 6.14. The Hall–Kier alpha value is -1.09. The lowest BCUT2D eigenvalue weighted by atomic mass is 10.0. The van der Waals surface area contributed by atoms with Gasteiger partial charge in [0.05, 0.1) is 0 Å². The predicted molar refractivity (Wildman–Crippen MR) is 75.9 cm³/mol. The number of pyridine rings is 1. The van der Waals surface area contributed by atoms with Crippen molar-refractivity contribution >= 4 is 23.2 Å². The van der Waals surface area contributed by atoms with Crippen molar-refractivity contribution in [3.63, 3.8) is 0 Å². The molecule has 94 valence electrons. The molecule has 1 heterocycles. The van der Waals surface area contributed by atoms with Crippen molar-refractivity contribution in [1.82, 2.24) is 4.98 Å². The molecule has 18 heavy (non-hydrogen) atoms. The van der Waals surface area contributed by atoms with E-state index in [0.29, 0.717) is 10.0 Å². The Labute approximate surface area is 117 Å². The summed E-state index contributed by atoms with van der Waals surface area (Å²) < 4.78 is 0. The highest BCUT2D eigenvalue weighted by Gasteiger charge is 2.11. The smallest absolute Gasteiger partial charge is 0.0454 e. The van der Waals surface area contributed by atoms with Gasteiger partial charge in [0.1, 0.15) is 0 Å². The maximum Gasteiger partial charge on any atom is 0.0454 e. The Bertz CT molecular complexity index is 514. The SMILES string of the molecule is NC(CCc1ccccn1)c1cc(Cl)ccc1Cl. The molecule has 0 amide bonds. The second kappa shape index (κ2) is 6.19. The number of benzene rings is 1. The van der Waals surface area contributed by atoms with Crippen molar-refractivity contribution < 1.29 is 0 Å². The number of nitrogens with zero attached hydrogens (tertiary/aromatic N) is 1. The topological polar surface area (TPSA) is 38.9 Å². The molecule has 0 saturated carbocycles. The van der Waals surface area contributed by atoms with Crippen molar-refractivity contribution in [3.8, 4) is 0 Å². The Kier molecular flexibility index (Phi) is 4.59. The molecule has 4 heteroatoms. The van der Waals surface area contributed by atoms with Gasteiger partial charge in [-0.15, -0.1) is 0 Å². The summed E-state index contributed by atoms with van der Waals surface area (Å²) >= 11 is 12.1. The van der Waals surface area contributed by atoms with Gasteiger partial charge in [0, 0.05) is 28.0 Å². The van der Waals surface area contributed by atoms with Crippen molar-refractivity contribution in [2.45, 2.75) is 18.9 Å². The van der Waals surface area contributed by atoms with Gasteiger partial charge in [0.2, 0.25) is 0 Å². The Balaban J connectivity index is 2.03. The van der Waals surface area contributed by atoms with Crippen LogP contribution >= 0.6 is 23.2 Å². The van der Waals surface area contributed by atoms with Crippen LogP contribution in [0, 0.1) is 0 Å². The van der Waals surface area contributed by atoms with Gasteiger partial charge in [-0.3, -0.25) is 4.98 Å². The second-order valence-corrected chi connectivity index (χ2v) is 4.98. The number of hydrogen-bond donors (Lipinski definition) is 1. The summed E-state index contributed by atoms with van der Waals surface area (Å²) in [5, 5.41) is 1.32. The van der Waals surface area contributed by atoms with Crippen LogP contribution in [-0.4, -0.2) is 4.98 Å². The summed E-state index contributed by atoms with van der Waals surface area (Å²) in [6.45, 7) is 0. The number of aryl methyl sites for hydroxylation is 1. The highest BCUT2D eigenvalue weighted by Crippen LogP contribution is 2.27. The van der Waals surface area contributed by atoms with E-state index < -0.39 is 0 Å². The molecule has 0 fully saturated rings. The molecular formula is C14H14Cl2N2. The summed E-state index contributed by atoms with van der Waals surface area (Å²) in [4.78, 5) is 4.27. The third kappa shape index (κ3) is 3.45.